The van der Waals surface area contributed by atoms with Gasteiger partial charge in [0.15, 0.2) is 20.5 Å². The van der Waals surface area contributed by atoms with Crippen LogP contribution in [0.15, 0.2) is 0 Å². The molecule has 0 aliphatic carbocycles. The van der Waals surface area contributed by atoms with Gasteiger partial charge in [-0.1, -0.05) is 47.0 Å². The maximum absolute atomic E-state index is 11.6. The molecule has 0 unspecified atom stereocenters. The first-order valence-corrected chi connectivity index (χ1v) is 25.9. The summed E-state index contributed by atoms with van der Waals surface area (Å²) in [4.78, 5) is 46.3. The summed E-state index contributed by atoms with van der Waals surface area (Å²) in [7, 11) is -11.4. The molecule has 1 aliphatic rings. The predicted octanol–water partition coefficient (Wildman–Crippen LogP) is 5.47. The second kappa shape index (κ2) is 15.5. The van der Waals surface area contributed by atoms with Gasteiger partial charge in [0, 0.05) is 50.7 Å². The average molecular weight is 649 g/mol. The van der Waals surface area contributed by atoms with Crippen LogP contribution in [0.5, 0.6) is 0 Å². The summed E-state index contributed by atoms with van der Waals surface area (Å²) in [6, 6.07) is 2.42. The van der Waals surface area contributed by atoms with Gasteiger partial charge in [0.1, 0.15) is 0 Å². The topological polar surface area (TPSA) is 105 Å². The third-order valence-corrected chi connectivity index (χ3v) is 28.3. The molecule has 36 heavy (non-hydrogen) atoms. The summed E-state index contributed by atoms with van der Waals surface area (Å²) in [6.45, 7) is 14.3. The van der Waals surface area contributed by atoms with Crippen molar-refractivity contribution in [2.75, 3.05) is 23.0 Å². The van der Waals surface area contributed by atoms with Crippen LogP contribution in [0.25, 0.3) is 0 Å². The lowest BCUT2D eigenvalue weighted by Gasteiger charge is -2.50. The molecule has 0 aromatic rings. The number of hydrogen-bond acceptors (Lipinski definition) is 12. The Hall–Kier alpha value is 0.788. The first-order valence-electron chi connectivity index (χ1n) is 11.8. The van der Waals surface area contributed by atoms with Crippen molar-refractivity contribution >= 4 is 102 Å². The minimum absolute atomic E-state index is 0.0460. The normalized spacial score (nSPS) is 30.9. The molecular weight excluding hydrogens is 609 g/mol. The van der Waals surface area contributed by atoms with Crippen LogP contribution in [-0.2, 0) is 35.6 Å². The van der Waals surface area contributed by atoms with Crippen molar-refractivity contribution in [1.82, 2.24) is 0 Å². The SMILES string of the molecule is CC(=O)SCC[Si]1(C)O[Si](C)(CCSC(C)=O)O[Si](C)(CCSC(C)=O)O[Si](C)(CCSC(C)=O)O1. The summed E-state index contributed by atoms with van der Waals surface area (Å²) in [5.74, 6) is 2.34. The van der Waals surface area contributed by atoms with Crippen molar-refractivity contribution in [2.45, 2.75) is 78.1 Å². The minimum Gasteiger partial charge on any atom is -0.416 e. The van der Waals surface area contributed by atoms with Crippen LogP contribution in [-0.4, -0.2) is 77.7 Å². The van der Waals surface area contributed by atoms with E-state index in [1.54, 1.807) is 27.7 Å². The van der Waals surface area contributed by atoms with Crippen LogP contribution in [0.3, 0.4) is 0 Å². The van der Waals surface area contributed by atoms with E-state index in [1.807, 2.05) is 26.2 Å². The third-order valence-electron chi connectivity index (χ3n) is 5.17. The molecule has 0 spiro atoms. The number of carbonyl (C=O) groups excluding carboxylic acids is 4. The largest absolute Gasteiger partial charge is 0.416 e. The van der Waals surface area contributed by atoms with E-state index in [2.05, 4.69) is 0 Å². The third kappa shape index (κ3) is 14.3. The van der Waals surface area contributed by atoms with Crippen LogP contribution in [0, 0.1) is 0 Å². The van der Waals surface area contributed by atoms with Gasteiger partial charge in [0.05, 0.1) is 0 Å². The fourth-order valence-corrected chi connectivity index (χ4v) is 32.6. The second-order valence-corrected chi connectivity index (χ2v) is 28.7. The van der Waals surface area contributed by atoms with Gasteiger partial charge in [-0.25, -0.2) is 0 Å². The lowest BCUT2D eigenvalue weighted by atomic mass is 10.9. The van der Waals surface area contributed by atoms with Gasteiger partial charge in [-0.05, 0) is 50.4 Å². The molecule has 1 aliphatic heterocycles. The van der Waals surface area contributed by atoms with Crippen molar-refractivity contribution in [3.8, 4) is 0 Å². The Balaban J connectivity index is 3.32. The number of thioether (sulfide) groups is 4. The lowest BCUT2D eigenvalue weighted by Crippen LogP contribution is -2.67. The number of carbonyl (C=O) groups is 4. The Bertz CT molecular complexity index is 668. The Morgan fingerprint density at radius 3 is 0.750 bits per heavy atom. The van der Waals surface area contributed by atoms with Crippen LogP contribution in [0.4, 0.5) is 0 Å². The zero-order chi connectivity index (χ0) is 27.6. The summed E-state index contributed by atoms with van der Waals surface area (Å²) >= 11 is 5.02. The van der Waals surface area contributed by atoms with Gasteiger partial charge in [-0.2, -0.15) is 0 Å². The quantitative estimate of drug-likeness (QED) is 0.251. The van der Waals surface area contributed by atoms with E-state index in [0.29, 0.717) is 47.2 Å². The van der Waals surface area contributed by atoms with E-state index in [4.69, 9.17) is 16.5 Å². The van der Waals surface area contributed by atoms with Gasteiger partial charge < -0.3 is 16.5 Å². The fraction of sp³-hybridized carbons (Fsp3) is 0.800. The molecule has 0 saturated carbocycles. The second-order valence-electron chi connectivity index (χ2n) is 9.30. The first kappa shape index (κ1) is 34.8. The molecule has 0 atom stereocenters. The zero-order valence-electron chi connectivity index (χ0n) is 22.6. The molecule has 0 radical (unpaired) electrons. The highest BCUT2D eigenvalue weighted by Gasteiger charge is 2.56. The van der Waals surface area contributed by atoms with Gasteiger partial charge >= 0.3 is 34.2 Å². The molecule has 0 aromatic heterocycles. The smallest absolute Gasteiger partial charge is 0.318 e. The molecule has 16 heteroatoms. The van der Waals surface area contributed by atoms with E-state index < -0.39 is 34.2 Å². The highest BCUT2D eigenvalue weighted by molar-refractivity contribution is 8.14. The number of hydrogen-bond donors (Lipinski definition) is 0. The molecule has 1 saturated heterocycles. The van der Waals surface area contributed by atoms with E-state index in [1.165, 1.54) is 47.0 Å². The van der Waals surface area contributed by atoms with E-state index in [-0.39, 0.29) is 20.5 Å². The molecule has 8 nitrogen and oxygen atoms in total. The van der Waals surface area contributed by atoms with E-state index in [9.17, 15) is 19.2 Å². The fourth-order valence-electron chi connectivity index (χ4n) is 3.84. The monoisotopic (exact) mass is 648 g/mol. The zero-order valence-corrected chi connectivity index (χ0v) is 29.8. The molecule has 0 bridgehead atoms. The van der Waals surface area contributed by atoms with Crippen LogP contribution in [0.1, 0.15) is 27.7 Å². The van der Waals surface area contributed by atoms with Crippen LogP contribution >= 0.6 is 47.0 Å². The Kier molecular flexibility index (Phi) is 15.0. The summed E-state index contributed by atoms with van der Waals surface area (Å²) < 4.78 is 27.6. The van der Waals surface area contributed by atoms with Crippen molar-refractivity contribution in [1.29, 1.82) is 0 Å². The highest BCUT2D eigenvalue weighted by atomic mass is 32.2. The van der Waals surface area contributed by atoms with Crippen molar-refractivity contribution < 1.29 is 35.6 Å². The van der Waals surface area contributed by atoms with Crippen molar-refractivity contribution in [2.24, 2.45) is 0 Å². The molecule has 1 fully saturated rings. The molecule has 0 N–H and O–H groups in total. The Labute approximate surface area is 237 Å². The van der Waals surface area contributed by atoms with E-state index >= 15 is 0 Å². The Morgan fingerprint density at radius 1 is 0.444 bits per heavy atom. The molecule has 0 aromatic carbocycles. The van der Waals surface area contributed by atoms with Gasteiger partial charge in [0.25, 0.3) is 0 Å². The average Bonchev–Trinajstić information content (AvgIpc) is 2.64. The van der Waals surface area contributed by atoms with Crippen molar-refractivity contribution in [3.05, 3.63) is 0 Å². The molecule has 208 valence electrons. The maximum atomic E-state index is 11.6. The molecular formula is C20H40O8S4Si4. The molecule has 0 amide bonds. The van der Waals surface area contributed by atoms with E-state index in [0.717, 1.165) is 0 Å². The predicted molar refractivity (Wildman–Crippen MR) is 163 cm³/mol. The summed E-state index contributed by atoms with van der Waals surface area (Å²) in [6.07, 6.45) is 0. The maximum Gasteiger partial charge on any atom is 0.318 e. The van der Waals surface area contributed by atoms with Crippen LogP contribution < -0.4 is 0 Å². The summed E-state index contributed by atoms with van der Waals surface area (Å²) in [5.41, 5.74) is 0. The minimum atomic E-state index is -2.85. The standard InChI is InChI=1S/C20H40O8S4Si4/c1-17(21)29-9-13-33(5)25-34(6,14-10-30-18(2)22)27-36(8,16-12-32-20(4)24)28-35(7,26-33)15-11-31-19(3)23/h9-16H2,1-8H3. The van der Waals surface area contributed by atoms with Gasteiger partial charge in [-0.15, -0.1) is 0 Å². The van der Waals surface area contributed by atoms with Gasteiger partial charge in [-0.3, -0.25) is 19.2 Å². The molecule has 1 rings (SSSR count). The Morgan fingerprint density at radius 2 is 0.611 bits per heavy atom. The highest BCUT2D eigenvalue weighted by Crippen LogP contribution is 2.38. The van der Waals surface area contributed by atoms with Crippen LogP contribution in [0.2, 0.25) is 50.4 Å². The molecule has 1 heterocycles. The van der Waals surface area contributed by atoms with Crippen molar-refractivity contribution in [3.63, 3.8) is 0 Å². The van der Waals surface area contributed by atoms with Gasteiger partial charge in [0.2, 0.25) is 0 Å². The summed E-state index contributed by atoms with van der Waals surface area (Å²) in [5, 5.41) is 0.184. The first-order chi connectivity index (χ1) is 16.5. The number of rotatable bonds is 12. The lowest BCUT2D eigenvalue weighted by molar-refractivity contribution is -0.109.